The molecule has 1 heterocycles. The van der Waals surface area contributed by atoms with Crippen molar-refractivity contribution in [2.75, 3.05) is 5.32 Å². The molecule has 0 spiro atoms. The number of rotatable bonds is 3. The van der Waals surface area contributed by atoms with E-state index in [2.05, 4.69) is 10.3 Å². The van der Waals surface area contributed by atoms with Crippen molar-refractivity contribution < 1.29 is 8.78 Å². The minimum Gasteiger partial charge on any atom is -0.353 e. The first-order valence-corrected chi connectivity index (χ1v) is 6.99. The Hall–Kier alpha value is -1.91. The second-order valence-electron chi connectivity index (χ2n) is 5.20. The minimum absolute atomic E-state index is 0.412. The van der Waals surface area contributed by atoms with Crippen molar-refractivity contribution in [2.45, 2.75) is 38.1 Å². The highest BCUT2D eigenvalue weighted by Gasteiger charge is 2.16. The monoisotopic (exact) mass is 277 g/mol. The molecule has 0 unspecified atom stereocenters. The maximum absolute atomic E-state index is 13.3. The van der Waals surface area contributed by atoms with Gasteiger partial charge in [0, 0.05) is 24.5 Å². The molecule has 1 fully saturated rings. The first kappa shape index (κ1) is 13.1. The Balaban J connectivity index is 1.83. The minimum atomic E-state index is -0.847. The van der Waals surface area contributed by atoms with Crippen molar-refractivity contribution in [3.63, 3.8) is 0 Å². The standard InChI is InChI=1S/C15H17F2N3/c16-13-7-6-12(10-14(13)17)20-9-8-18-15(20)19-11-4-2-1-3-5-11/h6-11H,1-5H2,(H,18,19). The molecule has 1 saturated carbocycles. The van der Waals surface area contributed by atoms with Crippen LogP contribution in [0.15, 0.2) is 30.6 Å². The zero-order valence-electron chi connectivity index (χ0n) is 11.1. The van der Waals surface area contributed by atoms with E-state index < -0.39 is 11.6 Å². The van der Waals surface area contributed by atoms with Gasteiger partial charge in [-0.05, 0) is 25.0 Å². The van der Waals surface area contributed by atoms with Gasteiger partial charge in [-0.15, -0.1) is 0 Å². The Morgan fingerprint density at radius 3 is 2.65 bits per heavy atom. The Labute approximate surface area is 116 Å². The molecule has 5 heteroatoms. The first-order chi connectivity index (χ1) is 9.74. The van der Waals surface area contributed by atoms with Crippen LogP contribution in [0.4, 0.5) is 14.7 Å². The summed E-state index contributed by atoms with van der Waals surface area (Å²) < 4.78 is 28.1. The van der Waals surface area contributed by atoms with Crippen LogP contribution in [0.1, 0.15) is 32.1 Å². The topological polar surface area (TPSA) is 29.9 Å². The number of anilines is 1. The zero-order valence-corrected chi connectivity index (χ0v) is 11.1. The highest BCUT2D eigenvalue weighted by Crippen LogP contribution is 2.23. The average molecular weight is 277 g/mol. The second-order valence-corrected chi connectivity index (χ2v) is 5.20. The molecule has 1 aliphatic rings. The van der Waals surface area contributed by atoms with Crippen LogP contribution in [0.2, 0.25) is 0 Å². The SMILES string of the molecule is Fc1ccc(-n2ccnc2NC2CCCCC2)cc1F. The van der Waals surface area contributed by atoms with E-state index in [1.807, 2.05) is 0 Å². The maximum atomic E-state index is 13.3. The summed E-state index contributed by atoms with van der Waals surface area (Å²) in [6.07, 6.45) is 9.41. The van der Waals surface area contributed by atoms with E-state index in [0.29, 0.717) is 17.7 Å². The van der Waals surface area contributed by atoms with E-state index in [1.54, 1.807) is 23.0 Å². The molecule has 2 aromatic rings. The number of halogens is 2. The lowest BCUT2D eigenvalue weighted by molar-refractivity contribution is 0.460. The predicted molar refractivity (Wildman–Crippen MR) is 74.0 cm³/mol. The van der Waals surface area contributed by atoms with Gasteiger partial charge in [0.15, 0.2) is 11.6 Å². The highest BCUT2D eigenvalue weighted by molar-refractivity contribution is 5.42. The molecular weight excluding hydrogens is 260 g/mol. The third kappa shape index (κ3) is 2.66. The molecule has 0 amide bonds. The lowest BCUT2D eigenvalue weighted by Gasteiger charge is -2.23. The van der Waals surface area contributed by atoms with Crippen molar-refractivity contribution in [1.82, 2.24) is 9.55 Å². The number of imidazole rings is 1. The Morgan fingerprint density at radius 1 is 1.10 bits per heavy atom. The smallest absolute Gasteiger partial charge is 0.207 e. The van der Waals surface area contributed by atoms with Gasteiger partial charge in [-0.2, -0.15) is 0 Å². The number of nitrogens with zero attached hydrogens (tertiary/aromatic N) is 2. The normalized spacial score (nSPS) is 16.3. The van der Waals surface area contributed by atoms with Crippen molar-refractivity contribution in [1.29, 1.82) is 0 Å². The molecule has 0 radical (unpaired) electrons. The fourth-order valence-electron chi connectivity index (χ4n) is 2.68. The Kier molecular flexibility index (Phi) is 3.67. The number of hydrogen-bond donors (Lipinski definition) is 1. The molecular formula is C15H17F2N3. The summed E-state index contributed by atoms with van der Waals surface area (Å²) in [6.45, 7) is 0. The lowest BCUT2D eigenvalue weighted by Crippen LogP contribution is -2.24. The molecule has 1 N–H and O–H groups in total. The van der Waals surface area contributed by atoms with Gasteiger partial charge < -0.3 is 5.32 Å². The van der Waals surface area contributed by atoms with Gasteiger partial charge >= 0.3 is 0 Å². The van der Waals surface area contributed by atoms with E-state index in [4.69, 9.17) is 0 Å². The van der Waals surface area contributed by atoms with Gasteiger partial charge in [-0.25, -0.2) is 13.8 Å². The van der Waals surface area contributed by atoms with Gasteiger partial charge in [0.25, 0.3) is 0 Å². The van der Waals surface area contributed by atoms with Crippen LogP contribution in [0.25, 0.3) is 5.69 Å². The van der Waals surface area contributed by atoms with Gasteiger partial charge in [-0.3, -0.25) is 4.57 Å². The van der Waals surface area contributed by atoms with Crippen molar-refractivity contribution in [3.05, 3.63) is 42.2 Å². The van der Waals surface area contributed by atoms with Gasteiger partial charge in [0.1, 0.15) is 0 Å². The summed E-state index contributed by atoms with van der Waals surface area (Å²) in [5.74, 6) is -1.00. The summed E-state index contributed by atoms with van der Waals surface area (Å²) in [6, 6.07) is 4.28. The molecule has 1 aromatic carbocycles. The Morgan fingerprint density at radius 2 is 1.90 bits per heavy atom. The van der Waals surface area contributed by atoms with Crippen LogP contribution in [0.5, 0.6) is 0 Å². The summed E-state index contributed by atoms with van der Waals surface area (Å²) in [4.78, 5) is 4.27. The average Bonchev–Trinajstić information content (AvgIpc) is 2.91. The van der Waals surface area contributed by atoms with Crippen LogP contribution < -0.4 is 5.32 Å². The highest BCUT2D eigenvalue weighted by atomic mass is 19.2. The molecule has 0 bridgehead atoms. The fraction of sp³-hybridized carbons (Fsp3) is 0.400. The summed E-state index contributed by atoms with van der Waals surface area (Å²) in [5, 5.41) is 3.40. The zero-order chi connectivity index (χ0) is 13.9. The summed E-state index contributed by atoms with van der Waals surface area (Å²) in [7, 11) is 0. The van der Waals surface area contributed by atoms with Crippen LogP contribution in [-0.2, 0) is 0 Å². The summed E-state index contributed by atoms with van der Waals surface area (Å²) in [5.41, 5.74) is 0.569. The Bertz CT molecular complexity index is 589. The number of nitrogens with one attached hydrogen (secondary N) is 1. The van der Waals surface area contributed by atoms with E-state index in [9.17, 15) is 8.78 Å². The third-order valence-corrected chi connectivity index (χ3v) is 3.76. The lowest BCUT2D eigenvalue weighted by atomic mass is 9.96. The quantitative estimate of drug-likeness (QED) is 0.922. The fourth-order valence-corrected chi connectivity index (χ4v) is 2.68. The molecule has 3 rings (SSSR count). The molecule has 106 valence electrons. The van der Waals surface area contributed by atoms with Crippen LogP contribution in [-0.4, -0.2) is 15.6 Å². The maximum Gasteiger partial charge on any atom is 0.207 e. The summed E-state index contributed by atoms with van der Waals surface area (Å²) >= 11 is 0. The largest absolute Gasteiger partial charge is 0.353 e. The molecule has 0 saturated heterocycles. The molecule has 3 nitrogen and oxygen atoms in total. The molecule has 20 heavy (non-hydrogen) atoms. The van der Waals surface area contributed by atoms with Crippen LogP contribution in [0, 0.1) is 11.6 Å². The molecule has 0 atom stereocenters. The van der Waals surface area contributed by atoms with Crippen LogP contribution in [0.3, 0.4) is 0 Å². The van der Waals surface area contributed by atoms with Gasteiger partial charge in [0.05, 0.1) is 5.69 Å². The van der Waals surface area contributed by atoms with E-state index in [0.717, 1.165) is 18.9 Å². The van der Waals surface area contributed by atoms with Crippen molar-refractivity contribution >= 4 is 5.95 Å². The predicted octanol–water partition coefficient (Wildman–Crippen LogP) is 3.90. The van der Waals surface area contributed by atoms with E-state index >= 15 is 0 Å². The van der Waals surface area contributed by atoms with E-state index in [1.165, 1.54) is 25.3 Å². The number of benzene rings is 1. The number of aromatic nitrogens is 2. The van der Waals surface area contributed by atoms with Gasteiger partial charge in [0.2, 0.25) is 5.95 Å². The van der Waals surface area contributed by atoms with E-state index in [-0.39, 0.29) is 0 Å². The number of hydrogen-bond acceptors (Lipinski definition) is 2. The molecule has 0 aliphatic heterocycles. The molecule has 1 aliphatic carbocycles. The van der Waals surface area contributed by atoms with Crippen LogP contribution >= 0.6 is 0 Å². The van der Waals surface area contributed by atoms with Crippen molar-refractivity contribution in [3.8, 4) is 5.69 Å². The van der Waals surface area contributed by atoms with Crippen molar-refractivity contribution in [2.24, 2.45) is 0 Å². The third-order valence-electron chi connectivity index (χ3n) is 3.76. The van der Waals surface area contributed by atoms with Gasteiger partial charge in [-0.1, -0.05) is 19.3 Å². The first-order valence-electron chi connectivity index (χ1n) is 6.99. The molecule has 1 aromatic heterocycles. The second kappa shape index (κ2) is 5.61.